The Morgan fingerprint density at radius 2 is 1.56 bits per heavy atom. The number of carboxylic acid groups (broad SMARTS) is 1. The lowest BCUT2D eigenvalue weighted by Gasteiger charge is -2.26. The number of hydrogen-bond donors (Lipinski definition) is 3. The van der Waals surface area contributed by atoms with Crippen LogP contribution in [0.1, 0.15) is 44.7 Å². The average molecular weight is 503 g/mol. The van der Waals surface area contributed by atoms with E-state index in [2.05, 4.69) is 22.8 Å². The molecule has 3 atom stereocenters. The van der Waals surface area contributed by atoms with Crippen molar-refractivity contribution >= 4 is 38.6 Å². The maximum absolute atomic E-state index is 12.8. The van der Waals surface area contributed by atoms with Crippen molar-refractivity contribution in [2.45, 2.75) is 50.4 Å². The fraction of sp³-hybridized carbons (Fsp3) is 0.400. The van der Waals surface area contributed by atoms with Gasteiger partial charge in [-0.25, -0.2) is 4.79 Å². The van der Waals surface area contributed by atoms with Crippen molar-refractivity contribution in [1.29, 1.82) is 0 Å². The van der Waals surface area contributed by atoms with Crippen LogP contribution in [-0.2, 0) is 35.0 Å². The molecule has 0 spiro atoms. The Morgan fingerprint density at radius 1 is 1.03 bits per heavy atom. The van der Waals surface area contributed by atoms with Gasteiger partial charge in [-0.2, -0.15) is 0 Å². The number of carboxylic acids is 1. The maximum Gasteiger partial charge on any atom is 0.407 e. The van der Waals surface area contributed by atoms with Crippen LogP contribution in [0.4, 0.5) is 4.79 Å². The van der Waals surface area contributed by atoms with Gasteiger partial charge < -0.3 is 20.5 Å². The highest BCUT2D eigenvalue weighted by molar-refractivity contribution is 8.29. The highest BCUT2D eigenvalue weighted by Crippen LogP contribution is 2.44. The zero-order valence-electron chi connectivity index (χ0n) is 19.7. The van der Waals surface area contributed by atoms with Gasteiger partial charge in [-0.1, -0.05) is 80.5 Å². The van der Waals surface area contributed by atoms with Crippen LogP contribution in [0, 0.1) is 0 Å². The Kier molecular flexibility index (Phi) is 8.09. The molecule has 1 unspecified atom stereocenters. The minimum Gasteiger partial charge on any atom is -0.480 e. The quantitative estimate of drug-likeness (QED) is 0.511. The van der Waals surface area contributed by atoms with Gasteiger partial charge in [0.2, 0.25) is 5.91 Å². The molecule has 0 aliphatic heterocycles. The molecule has 0 aromatic heterocycles. The van der Waals surface area contributed by atoms with Crippen LogP contribution < -0.4 is 10.6 Å². The molecule has 9 heteroatoms. The molecular formula is C25H30N2O5S2. The molecular weight excluding hydrogens is 472 g/mol. The molecule has 1 aliphatic carbocycles. The zero-order valence-corrected chi connectivity index (χ0v) is 21.3. The molecule has 2 aromatic carbocycles. The molecule has 1 aliphatic rings. The maximum atomic E-state index is 12.8. The molecule has 7 nitrogen and oxygen atoms in total. The number of rotatable bonds is 8. The van der Waals surface area contributed by atoms with Gasteiger partial charge in [0.05, 0.1) is 0 Å². The highest BCUT2D eigenvalue weighted by atomic mass is 32.8. The minimum absolute atomic E-state index is 0.110. The third kappa shape index (κ3) is 6.01. The van der Waals surface area contributed by atoms with Gasteiger partial charge in [-0.15, -0.1) is 9.45 Å². The molecule has 182 valence electrons. The van der Waals surface area contributed by atoms with Crippen LogP contribution in [0.5, 0.6) is 0 Å². The predicted molar refractivity (Wildman–Crippen MR) is 137 cm³/mol. The first kappa shape index (κ1) is 25.8. The van der Waals surface area contributed by atoms with Crippen LogP contribution in [0.2, 0.25) is 0 Å². The lowest BCUT2D eigenvalue weighted by molar-refractivity contribution is -0.141. The summed E-state index contributed by atoms with van der Waals surface area (Å²) in [7, 11) is -0.641. The summed E-state index contributed by atoms with van der Waals surface area (Å²) in [6.45, 7) is 7.36. The van der Waals surface area contributed by atoms with E-state index >= 15 is 0 Å². The monoisotopic (exact) mass is 502 g/mol. The SMILES string of the molecule is C[C@H](NC(=O)[C@H](CS(=S)C(C)(C)C)NC(=O)OCC1c2ccccc2-c2ccccc21)C(=O)O. The van der Waals surface area contributed by atoms with Gasteiger partial charge in [-0.05, 0) is 29.2 Å². The van der Waals surface area contributed by atoms with Crippen molar-refractivity contribution in [3.8, 4) is 11.1 Å². The van der Waals surface area contributed by atoms with Gasteiger partial charge in [0.25, 0.3) is 0 Å². The van der Waals surface area contributed by atoms with E-state index in [4.69, 9.17) is 21.0 Å². The standard InChI is InChI=1S/C25H30N2O5S2/c1-15(23(29)30)26-22(28)21(14-34(33)25(2,3)4)27-24(31)32-13-20-18-11-7-5-9-16(18)17-10-6-8-12-19(17)20/h5-12,15,20-21H,13-14H2,1-4H3,(H,26,28)(H,27,31)(H,29,30)/t15-,21-,34?/m0/s1. The smallest absolute Gasteiger partial charge is 0.407 e. The van der Waals surface area contributed by atoms with E-state index in [1.54, 1.807) is 0 Å². The van der Waals surface area contributed by atoms with Gasteiger partial charge >= 0.3 is 12.1 Å². The Bertz CT molecular complexity index is 1070. The number of carbonyl (C=O) groups is 3. The predicted octanol–water partition coefficient (Wildman–Crippen LogP) is 3.36. The van der Waals surface area contributed by atoms with E-state index in [1.807, 2.05) is 57.2 Å². The van der Waals surface area contributed by atoms with Crippen LogP contribution in [0.15, 0.2) is 48.5 Å². The fourth-order valence-electron chi connectivity index (χ4n) is 3.74. The molecule has 0 saturated carbocycles. The molecule has 3 N–H and O–H groups in total. The lowest BCUT2D eigenvalue weighted by atomic mass is 9.98. The number of alkyl carbamates (subject to hydrolysis) is 1. The number of aliphatic carboxylic acids is 1. The fourth-order valence-corrected chi connectivity index (χ4v) is 5.19. The molecule has 34 heavy (non-hydrogen) atoms. The van der Waals surface area contributed by atoms with E-state index in [0.717, 1.165) is 22.3 Å². The molecule has 0 bridgehead atoms. The summed E-state index contributed by atoms with van der Waals surface area (Å²) < 4.78 is 5.31. The summed E-state index contributed by atoms with van der Waals surface area (Å²) in [4.78, 5) is 36.7. The van der Waals surface area contributed by atoms with Crippen molar-refractivity contribution in [2.75, 3.05) is 12.4 Å². The van der Waals surface area contributed by atoms with Crippen LogP contribution in [0.3, 0.4) is 0 Å². The van der Waals surface area contributed by atoms with Crippen LogP contribution >= 0.6 is 0 Å². The van der Waals surface area contributed by atoms with Crippen molar-refractivity contribution < 1.29 is 24.2 Å². The summed E-state index contributed by atoms with van der Waals surface area (Å²) in [6.07, 6.45) is -0.745. The normalized spacial score (nSPS) is 15.4. The molecule has 2 amide bonds. The number of nitrogens with one attached hydrogen (secondary N) is 2. The topological polar surface area (TPSA) is 105 Å². The van der Waals surface area contributed by atoms with Crippen molar-refractivity contribution in [3.63, 3.8) is 0 Å². The largest absolute Gasteiger partial charge is 0.480 e. The van der Waals surface area contributed by atoms with Gasteiger partial charge in [0.1, 0.15) is 18.7 Å². The first-order valence-electron chi connectivity index (χ1n) is 11.0. The van der Waals surface area contributed by atoms with Gasteiger partial charge in [0.15, 0.2) is 0 Å². The Labute approximate surface area is 206 Å². The third-order valence-corrected chi connectivity index (χ3v) is 9.59. The Hall–Kier alpha value is -2.78. The Balaban J connectivity index is 1.71. The zero-order chi connectivity index (χ0) is 25.0. The van der Waals surface area contributed by atoms with Crippen molar-refractivity contribution in [2.24, 2.45) is 0 Å². The molecule has 0 fully saturated rings. The van der Waals surface area contributed by atoms with Gasteiger partial charge in [-0.3, -0.25) is 9.59 Å². The summed E-state index contributed by atoms with van der Waals surface area (Å²) in [5.41, 5.74) is 4.40. The van der Waals surface area contributed by atoms with Crippen molar-refractivity contribution in [1.82, 2.24) is 10.6 Å². The van der Waals surface area contributed by atoms with E-state index in [9.17, 15) is 14.4 Å². The summed E-state index contributed by atoms with van der Waals surface area (Å²) in [5, 5.41) is 14.2. The van der Waals surface area contributed by atoms with Gasteiger partial charge in [0, 0.05) is 16.4 Å². The van der Waals surface area contributed by atoms with E-state index in [0.29, 0.717) is 0 Å². The lowest BCUT2D eigenvalue weighted by Crippen LogP contribution is -2.54. The second-order valence-corrected chi connectivity index (χ2v) is 12.7. The Morgan fingerprint density at radius 3 is 2.06 bits per heavy atom. The highest BCUT2D eigenvalue weighted by Gasteiger charge is 2.31. The molecule has 0 heterocycles. The summed E-state index contributed by atoms with van der Waals surface area (Å²) in [5.74, 6) is -1.68. The van der Waals surface area contributed by atoms with Crippen LogP contribution in [0.25, 0.3) is 11.1 Å². The number of hydrogen-bond acceptors (Lipinski definition) is 5. The first-order chi connectivity index (χ1) is 16.0. The number of fused-ring (bicyclic) bond motifs is 3. The number of amides is 2. The minimum atomic E-state index is -1.17. The van der Waals surface area contributed by atoms with E-state index in [1.165, 1.54) is 6.92 Å². The number of carbonyl (C=O) groups excluding carboxylic acids is 2. The summed E-state index contributed by atoms with van der Waals surface area (Å²) in [6, 6.07) is 13.9. The third-order valence-electron chi connectivity index (χ3n) is 5.68. The average Bonchev–Trinajstić information content (AvgIpc) is 3.10. The van der Waals surface area contributed by atoms with E-state index < -0.39 is 39.5 Å². The molecule has 0 saturated heterocycles. The number of ether oxygens (including phenoxy) is 1. The van der Waals surface area contributed by atoms with Crippen molar-refractivity contribution in [3.05, 3.63) is 59.7 Å². The molecule has 0 radical (unpaired) electrons. The second-order valence-electron chi connectivity index (χ2n) is 9.22. The summed E-state index contributed by atoms with van der Waals surface area (Å²) >= 11 is 5.57. The molecule has 2 aromatic rings. The molecule has 3 rings (SSSR count). The number of benzene rings is 2. The second kappa shape index (κ2) is 10.7. The first-order valence-corrected chi connectivity index (χ1v) is 13.3. The van der Waals surface area contributed by atoms with Crippen LogP contribution in [-0.4, -0.2) is 52.3 Å². The van der Waals surface area contributed by atoms with E-state index in [-0.39, 0.29) is 23.0 Å².